The molecule has 0 N–H and O–H groups in total. The van der Waals surface area contributed by atoms with Crippen molar-refractivity contribution in [1.82, 2.24) is 24.5 Å². The third-order valence-corrected chi connectivity index (χ3v) is 8.21. The van der Waals surface area contributed by atoms with E-state index in [4.69, 9.17) is 4.98 Å². The Kier molecular flexibility index (Phi) is 4.79. The lowest BCUT2D eigenvalue weighted by Crippen LogP contribution is -2.42. The molecule has 28 heavy (non-hydrogen) atoms. The molecule has 0 bridgehead atoms. The van der Waals surface area contributed by atoms with Gasteiger partial charge in [-0.25, -0.2) is 4.98 Å². The zero-order valence-corrected chi connectivity index (χ0v) is 18.0. The maximum absolute atomic E-state index is 12.7. The zero-order valence-electron chi connectivity index (χ0n) is 16.3. The van der Waals surface area contributed by atoms with Gasteiger partial charge in [-0.2, -0.15) is 0 Å². The van der Waals surface area contributed by atoms with Gasteiger partial charge in [-0.05, 0) is 56.9 Å². The molecule has 1 amide bonds. The summed E-state index contributed by atoms with van der Waals surface area (Å²) < 4.78 is 1.96. The van der Waals surface area contributed by atoms with E-state index < -0.39 is 0 Å². The van der Waals surface area contributed by atoms with Gasteiger partial charge in [0, 0.05) is 17.5 Å². The van der Waals surface area contributed by atoms with E-state index >= 15 is 0 Å². The number of hydrogen-bond donors (Lipinski definition) is 0. The highest BCUT2D eigenvalue weighted by molar-refractivity contribution is 7.99. The van der Waals surface area contributed by atoms with Crippen LogP contribution in [-0.4, -0.2) is 48.7 Å². The molecule has 0 saturated carbocycles. The van der Waals surface area contributed by atoms with Crippen molar-refractivity contribution < 1.29 is 4.79 Å². The summed E-state index contributed by atoms with van der Waals surface area (Å²) in [5, 5.41) is 10.8. The third-order valence-electron chi connectivity index (χ3n) is 6.12. The number of carbonyl (C=O) groups excluding carboxylic acids is 1. The van der Waals surface area contributed by atoms with E-state index in [-0.39, 0.29) is 5.91 Å². The maximum Gasteiger partial charge on any atom is 0.233 e. The molecule has 5 rings (SSSR count). The zero-order chi connectivity index (χ0) is 19.3. The number of hydrogen-bond acceptors (Lipinski definition) is 6. The number of amides is 1. The minimum atomic E-state index is 0.199. The Bertz CT molecular complexity index is 1040. The molecule has 1 fully saturated rings. The van der Waals surface area contributed by atoms with Crippen molar-refractivity contribution in [2.45, 2.75) is 63.6 Å². The highest BCUT2D eigenvalue weighted by atomic mass is 32.2. The second-order valence-electron chi connectivity index (χ2n) is 8.17. The monoisotopic (exact) mass is 415 g/mol. The van der Waals surface area contributed by atoms with E-state index in [9.17, 15) is 4.79 Å². The minimum Gasteiger partial charge on any atom is -0.339 e. The van der Waals surface area contributed by atoms with Crippen LogP contribution in [0.1, 0.15) is 50.0 Å². The highest BCUT2D eigenvalue weighted by Gasteiger charge is 2.25. The van der Waals surface area contributed by atoms with E-state index in [2.05, 4.69) is 24.0 Å². The lowest BCUT2D eigenvalue weighted by Gasteiger charge is -2.33. The van der Waals surface area contributed by atoms with E-state index in [1.165, 1.54) is 40.4 Å². The van der Waals surface area contributed by atoms with Gasteiger partial charge in [0.2, 0.25) is 5.91 Å². The number of thiophene rings is 1. The van der Waals surface area contributed by atoms with Gasteiger partial charge < -0.3 is 4.90 Å². The quantitative estimate of drug-likeness (QED) is 0.606. The first kappa shape index (κ1) is 18.4. The maximum atomic E-state index is 12.7. The normalized spacial score (nSPS) is 22.7. The van der Waals surface area contributed by atoms with Crippen LogP contribution in [-0.2, 0) is 17.6 Å². The summed E-state index contributed by atoms with van der Waals surface area (Å²) in [7, 11) is 0. The van der Waals surface area contributed by atoms with Crippen LogP contribution in [0.4, 0.5) is 0 Å². The third kappa shape index (κ3) is 3.10. The molecule has 0 unspecified atom stereocenters. The fraction of sp³-hybridized carbons (Fsp3) is 0.600. The SMILES string of the molecule is C[C@H]1CCc2c(sc3ncn4c(SCC(=O)N5CCCC[C@@H]5C)nnc4c23)C1. The van der Waals surface area contributed by atoms with Crippen molar-refractivity contribution in [2.24, 2.45) is 5.92 Å². The second kappa shape index (κ2) is 7.30. The standard InChI is InChI=1S/C20H25N5OS2/c1-12-6-7-14-15(9-12)28-19-17(14)18-22-23-20(25(18)11-21-19)27-10-16(26)24-8-4-3-5-13(24)2/h11-13H,3-10H2,1-2H3/t12-,13-/m0/s1. The Hall–Kier alpha value is -1.67. The van der Waals surface area contributed by atoms with Crippen LogP contribution in [0.3, 0.4) is 0 Å². The predicted octanol–water partition coefficient (Wildman–Crippen LogP) is 3.96. The molecule has 6 nitrogen and oxygen atoms in total. The van der Waals surface area contributed by atoms with Gasteiger partial charge >= 0.3 is 0 Å². The predicted molar refractivity (Wildman–Crippen MR) is 113 cm³/mol. The molecule has 1 saturated heterocycles. The van der Waals surface area contributed by atoms with Crippen molar-refractivity contribution in [1.29, 1.82) is 0 Å². The summed E-state index contributed by atoms with van der Waals surface area (Å²) >= 11 is 3.28. The number of thioether (sulfide) groups is 1. The van der Waals surface area contributed by atoms with Crippen molar-refractivity contribution in [2.75, 3.05) is 12.3 Å². The summed E-state index contributed by atoms with van der Waals surface area (Å²) in [5.74, 6) is 1.34. The van der Waals surface area contributed by atoms with Crippen molar-refractivity contribution in [3.63, 3.8) is 0 Å². The summed E-state index contributed by atoms with van der Waals surface area (Å²) in [6, 6.07) is 0.345. The highest BCUT2D eigenvalue weighted by Crippen LogP contribution is 2.39. The molecule has 4 heterocycles. The van der Waals surface area contributed by atoms with Gasteiger partial charge in [0.25, 0.3) is 0 Å². The number of fused-ring (bicyclic) bond motifs is 5. The van der Waals surface area contributed by atoms with Crippen LogP contribution in [0.2, 0.25) is 0 Å². The van der Waals surface area contributed by atoms with Gasteiger partial charge in [-0.15, -0.1) is 21.5 Å². The Morgan fingerprint density at radius 1 is 1.29 bits per heavy atom. The fourth-order valence-corrected chi connectivity index (χ4v) is 6.63. The first-order chi connectivity index (χ1) is 13.6. The molecule has 1 aliphatic carbocycles. The van der Waals surface area contributed by atoms with Crippen LogP contribution >= 0.6 is 23.1 Å². The van der Waals surface area contributed by atoms with E-state index in [1.807, 2.05) is 15.6 Å². The van der Waals surface area contributed by atoms with Crippen molar-refractivity contribution >= 4 is 44.9 Å². The average Bonchev–Trinajstić information content (AvgIpc) is 3.26. The molecule has 8 heteroatoms. The molecule has 0 radical (unpaired) electrons. The smallest absolute Gasteiger partial charge is 0.233 e. The van der Waals surface area contributed by atoms with Crippen LogP contribution in [0.15, 0.2) is 11.5 Å². The van der Waals surface area contributed by atoms with E-state index in [1.54, 1.807) is 11.3 Å². The minimum absolute atomic E-state index is 0.199. The number of rotatable bonds is 3. The van der Waals surface area contributed by atoms with Crippen LogP contribution in [0, 0.1) is 5.92 Å². The average molecular weight is 416 g/mol. The molecule has 148 valence electrons. The van der Waals surface area contributed by atoms with Gasteiger partial charge in [-0.3, -0.25) is 9.20 Å². The second-order valence-corrected chi connectivity index (χ2v) is 10.2. The number of nitrogens with zero attached hydrogens (tertiary/aromatic N) is 5. The van der Waals surface area contributed by atoms with Crippen LogP contribution in [0.25, 0.3) is 15.9 Å². The van der Waals surface area contributed by atoms with Gasteiger partial charge in [0.15, 0.2) is 10.8 Å². The molecule has 0 spiro atoms. The Labute approximate surface area is 172 Å². The number of aryl methyl sites for hydroxylation is 1. The van der Waals surface area contributed by atoms with Crippen LogP contribution < -0.4 is 0 Å². The van der Waals surface area contributed by atoms with Crippen molar-refractivity contribution in [3.05, 3.63) is 16.8 Å². The Morgan fingerprint density at radius 2 is 2.18 bits per heavy atom. The molecule has 1 aliphatic heterocycles. The van der Waals surface area contributed by atoms with E-state index in [0.717, 1.165) is 53.8 Å². The number of likely N-dealkylation sites (tertiary alicyclic amines) is 1. The lowest BCUT2D eigenvalue weighted by atomic mass is 9.89. The summed E-state index contributed by atoms with van der Waals surface area (Å²) in [5.41, 5.74) is 2.30. The number of aromatic nitrogens is 4. The largest absolute Gasteiger partial charge is 0.339 e. The molecule has 2 aliphatic rings. The lowest BCUT2D eigenvalue weighted by molar-refractivity contribution is -0.131. The summed E-state index contributed by atoms with van der Waals surface area (Å²) in [6.45, 7) is 5.35. The van der Waals surface area contributed by atoms with Gasteiger partial charge in [0.05, 0.1) is 11.1 Å². The summed E-state index contributed by atoms with van der Waals surface area (Å²) in [6.07, 6.45) is 8.71. The number of piperidine rings is 1. The molecular formula is C20H25N5OS2. The summed E-state index contributed by atoms with van der Waals surface area (Å²) in [4.78, 5) is 21.9. The van der Waals surface area contributed by atoms with E-state index in [0.29, 0.717) is 11.8 Å². The first-order valence-electron chi connectivity index (χ1n) is 10.2. The topological polar surface area (TPSA) is 63.4 Å². The van der Waals surface area contributed by atoms with Gasteiger partial charge in [-0.1, -0.05) is 18.7 Å². The molecular weight excluding hydrogens is 390 g/mol. The molecule has 2 atom stereocenters. The molecule has 3 aromatic rings. The first-order valence-corrected chi connectivity index (χ1v) is 12.0. The molecule has 3 aromatic heterocycles. The fourth-order valence-electron chi connectivity index (χ4n) is 4.50. The molecule has 0 aromatic carbocycles. The van der Waals surface area contributed by atoms with Crippen molar-refractivity contribution in [3.8, 4) is 0 Å². The number of carbonyl (C=O) groups is 1. The van der Waals surface area contributed by atoms with Crippen LogP contribution in [0.5, 0.6) is 0 Å². The van der Waals surface area contributed by atoms with Gasteiger partial charge in [0.1, 0.15) is 11.2 Å². The Balaban J connectivity index is 1.42. The Morgan fingerprint density at radius 3 is 3.04 bits per heavy atom.